The number of aliphatic hydroxyl groups excluding tert-OH is 1. The molecule has 2 rings (SSSR count). The Labute approximate surface area is 136 Å². The summed E-state index contributed by atoms with van der Waals surface area (Å²) in [4.78, 5) is 38.0. The fourth-order valence-corrected chi connectivity index (χ4v) is 2.41. The Balaban J connectivity index is 2.00. The third kappa shape index (κ3) is 5.21. The van der Waals surface area contributed by atoms with E-state index in [4.69, 9.17) is 19.4 Å². The van der Waals surface area contributed by atoms with Gasteiger partial charge in [-0.15, -0.1) is 6.58 Å². The fourth-order valence-electron chi connectivity index (χ4n) is 2.07. The van der Waals surface area contributed by atoms with Gasteiger partial charge in [0.1, 0.15) is 12.3 Å². The second kappa shape index (κ2) is 7.99. The number of phosphoric ester groups is 1. The Hall–Kier alpha value is -1.59. The molecule has 1 aliphatic rings. The zero-order valence-corrected chi connectivity index (χ0v) is 13.4. The molecule has 0 saturated carbocycles. The van der Waals surface area contributed by atoms with Gasteiger partial charge in [-0.05, 0) is 6.07 Å². The van der Waals surface area contributed by atoms with Crippen LogP contribution in [0.1, 0.15) is 12.6 Å². The lowest BCUT2D eigenvalue weighted by Gasteiger charge is -2.16. The van der Waals surface area contributed by atoms with Crippen LogP contribution in [0.4, 0.5) is 5.82 Å². The molecule has 3 atom stereocenters. The number of phosphoric acid groups is 1. The number of aromatic nitrogens is 2. The van der Waals surface area contributed by atoms with Crippen molar-refractivity contribution in [1.29, 1.82) is 0 Å². The Bertz CT molecular complexity index is 675. The first-order valence-corrected chi connectivity index (χ1v) is 8.44. The number of hydrogen-bond acceptors (Lipinski definition) is 8. The Morgan fingerprint density at radius 2 is 2.33 bits per heavy atom. The number of hydrogen-bond donors (Lipinski definition) is 4. The summed E-state index contributed by atoms with van der Waals surface area (Å²) in [5, 5.41) is 9.87. The molecule has 0 bridgehead atoms. The number of ether oxygens (including phenoxy) is 1. The summed E-state index contributed by atoms with van der Waals surface area (Å²) in [6.45, 7) is 3.19. The van der Waals surface area contributed by atoms with Gasteiger partial charge in [-0.25, -0.2) is 14.8 Å². The molecular formula is C12H18N3O8P. The number of aliphatic hydroxyl groups is 1. The van der Waals surface area contributed by atoms with Crippen LogP contribution in [0.15, 0.2) is 29.7 Å². The van der Waals surface area contributed by atoms with Crippen LogP contribution in [-0.2, 0) is 18.7 Å². The smallest absolute Gasteiger partial charge is 0.390 e. The van der Waals surface area contributed by atoms with E-state index in [1.54, 1.807) is 0 Å². The van der Waals surface area contributed by atoms with E-state index in [-0.39, 0.29) is 18.8 Å². The van der Waals surface area contributed by atoms with E-state index in [0.29, 0.717) is 0 Å². The second-order valence-corrected chi connectivity index (χ2v) is 6.16. The van der Waals surface area contributed by atoms with Crippen LogP contribution in [0.5, 0.6) is 0 Å². The summed E-state index contributed by atoms with van der Waals surface area (Å²) in [6.07, 6.45) is 0.135. The SMILES string of the molecule is C=CCONc1ccn([C@H]2C[C@H](O)[C@@H](COP(=O)(O)O)O2)c(=O)n1. The van der Waals surface area contributed by atoms with Crippen molar-refractivity contribution in [2.75, 3.05) is 18.7 Å². The standard InChI is InChI=1S/C12H18N3O8P/c1-2-5-21-14-10-3-4-15(12(17)13-10)11-6-8(16)9(23-11)7-22-24(18,19)20/h2-4,8-9,11,16H,1,5-7H2,(H,13,14,17)(H2,18,19,20)/t8-,9+,11+/m0/s1. The summed E-state index contributed by atoms with van der Waals surface area (Å²) in [7, 11) is -4.67. The molecule has 1 aromatic rings. The van der Waals surface area contributed by atoms with E-state index in [0.717, 1.165) is 4.57 Å². The molecule has 1 saturated heterocycles. The normalized spacial score (nSPS) is 24.0. The first-order valence-electron chi connectivity index (χ1n) is 6.91. The van der Waals surface area contributed by atoms with Gasteiger partial charge in [0.05, 0.1) is 19.3 Å². The number of nitrogens with zero attached hydrogens (tertiary/aromatic N) is 2. The molecule has 24 heavy (non-hydrogen) atoms. The van der Waals surface area contributed by atoms with Crippen LogP contribution in [0.2, 0.25) is 0 Å². The summed E-state index contributed by atoms with van der Waals surface area (Å²) >= 11 is 0. The van der Waals surface area contributed by atoms with Gasteiger partial charge >= 0.3 is 13.5 Å². The number of nitrogens with one attached hydrogen (secondary N) is 1. The summed E-state index contributed by atoms with van der Waals surface area (Å²) < 4.78 is 21.6. The third-order valence-corrected chi connectivity index (χ3v) is 3.61. The van der Waals surface area contributed by atoms with Crippen LogP contribution in [0.3, 0.4) is 0 Å². The van der Waals surface area contributed by atoms with Gasteiger partial charge < -0.3 is 19.6 Å². The Morgan fingerprint density at radius 3 is 2.96 bits per heavy atom. The van der Waals surface area contributed by atoms with E-state index in [1.165, 1.54) is 18.3 Å². The quantitative estimate of drug-likeness (QED) is 0.206. The topological polar surface area (TPSA) is 152 Å². The lowest BCUT2D eigenvalue weighted by atomic mass is 10.2. The molecule has 1 fully saturated rings. The van der Waals surface area contributed by atoms with E-state index in [2.05, 4.69) is 21.6 Å². The van der Waals surface area contributed by atoms with Crippen molar-refractivity contribution in [3.63, 3.8) is 0 Å². The highest BCUT2D eigenvalue weighted by molar-refractivity contribution is 7.46. The van der Waals surface area contributed by atoms with E-state index in [1.807, 2.05) is 0 Å². The predicted molar refractivity (Wildman–Crippen MR) is 80.8 cm³/mol. The summed E-state index contributed by atoms with van der Waals surface area (Å²) in [5.74, 6) is 0.193. The maximum Gasteiger partial charge on any atom is 0.469 e. The van der Waals surface area contributed by atoms with E-state index in [9.17, 15) is 14.5 Å². The molecule has 0 radical (unpaired) electrons. The molecular weight excluding hydrogens is 345 g/mol. The van der Waals surface area contributed by atoms with Crippen molar-refractivity contribution >= 4 is 13.6 Å². The van der Waals surface area contributed by atoms with Crippen molar-refractivity contribution in [3.05, 3.63) is 35.4 Å². The van der Waals surface area contributed by atoms with Crippen LogP contribution in [-0.4, -0.2) is 49.9 Å². The fraction of sp³-hybridized carbons (Fsp3) is 0.500. The van der Waals surface area contributed by atoms with Gasteiger partial charge in [0.15, 0.2) is 5.82 Å². The molecule has 1 aromatic heterocycles. The maximum absolute atomic E-state index is 12.0. The zero-order valence-electron chi connectivity index (χ0n) is 12.5. The zero-order chi connectivity index (χ0) is 17.7. The van der Waals surface area contributed by atoms with Crippen LogP contribution in [0, 0.1) is 0 Å². The minimum absolute atomic E-state index is 0.0521. The van der Waals surface area contributed by atoms with Crippen LogP contribution < -0.4 is 11.2 Å². The molecule has 0 amide bonds. The van der Waals surface area contributed by atoms with Crippen molar-refractivity contribution < 1.29 is 33.6 Å². The van der Waals surface area contributed by atoms with E-state index >= 15 is 0 Å². The molecule has 0 aromatic carbocycles. The van der Waals surface area contributed by atoms with Crippen LogP contribution in [0.25, 0.3) is 0 Å². The summed E-state index contributed by atoms with van der Waals surface area (Å²) in [6, 6.07) is 1.47. The minimum Gasteiger partial charge on any atom is -0.390 e. The minimum atomic E-state index is -4.67. The molecule has 0 spiro atoms. The Kier molecular flexibility index (Phi) is 6.24. The first-order chi connectivity index (χ1) is 11.3. The maximum atomic E-state index is 12.0. The molecule has 0 aliphatic carbocycles. The van der Waals surface area contributed by atoms with Gasteiger partial charge in [-0.3, -0.25) is 13.9 Å². The van der Waals surface area contributed by atoms with Gasteiger partial charge in [-0.1, -0.05) is 6.08 Å². The lowest BCUT2D eigenvalue weighted by Crippen LogP contribution is -2.28. The molecule has 4 N–H and O–H groups in total. The van der Waals surface area contributed by atoms with Crippen molar-refractivity contribution in [2.45, 2.75) is 24.9 Å². The highest BCUT2D eigenvalue weighted by Crippen LogP contribution is 2.38. The van der Waals surface area contributed by atoms with Gasteiger partial charge in [-0.2, -0.15) is 4.98 Å². The van der Waals surface area contributed by atoms with Gasteiger partial charge in [0.2, 0.25) is 0 Å². The van der Waals surface area contributed by atoms with Crippen molar-refractivity contribution in [3.8, 4) is 0 Å². The molecule has 134 valence electrons. The lowest BCUT2D eigenvalue weighted by molar-refractivity contribution is -0.0450. The highest BCUT2D eigenvalue weighted by atomic mass is 31.2. The monoisotopic (exact) mass is 363 g/mol. The Morgan fingerprint density at radius 1 is 1.58 bits per heavy atom. The first kappa shape index (κ1) is 18.7. The third-order valence-electron chi connectivity index (χ3n) is 3.13. The number of anilines is 1. The predicted octanol–water partition coefficient (Wildman–Crippen LogP) is -0.470. The second-order valence-electron chi connectivity index (χ2n) is 4.92. The largest absolute Gasteiger partial charge is 0.469 e. The molecule has 12 heteroatoms. The van der Waals surface area contributed by atoms with Crippen molar-refractivity contribution in [1.82, 2.24) is 9.55 Å². The van der Waals surface area contributed by atoms with Crippen LogP contribution >= 0.6 is 7.82 Å². The number of rotatable bonds is 8. The van der Waals surface area contributed by atoms with Gasteiger partial charge in [0.25, 0.3) is 0 Å². The molecule has 0 unspecified atom stereocenters. The highest BCUT2D eigenvalue weighted by Gasteiger charge is 2.37. The average molecular weight is 363 g/mol. The van der Waals surface area contributed by atoms with Gasteiger partial charge in [0, 0.05) is 12.6 Å². The molecule has 2 heterocycles. The van der Waals surface area contributed by atoms with E-state index < -0.39 is 38.6 Å². The van der Waals surface area contributed by atoms with Crippen molar-refractivity contribution in [2.24, 2.45) is 0 Å². The molecule has 11 nitrogen and oxygen atoms in total. The summed E-state index contributed by atoms with van der Waals surface area (Å²) in [5.41, 5.74) is 1.82. The average Bonchev–Trinajstić information content (AvgIpc) is 2.86. The molecule has 1 aliphatic heterocycles.